The minimum absolute atomic E-state index is 0.00579. The van der Waals surface area contributed by atoms with E-state index < -0.39 is 0 Å². The molecule has 8 heteroatoms. The van der Waals surface area contributed by atoms with Gasteiger partial charge in [-0.05, 0) is 12.1 Å². The molecule has 112 valence electrons. The van der Waals surface area contributed by atoms with Crippen LogP contribution in [0.15, 0.2) is 36.5 Å². The minimum Gasteiger partial charge on any atom is -0.322 e. The van der Waals surface area contributed by atoms with Crippen LogP contribution in [-0.2, 0) is 18.4 Å². The molecule has 0 spiro atoms. The highest BCUT2D eigenvalue weighted by Crippen LogP contribution is 2.13. The van der Waals surface area contributed by atoms with E-state index in [9.17, 15) is 4.79 Å². The highest BCUT2D eigenvalue weighted by molar-refractivity contribution is 5.90. The van der Waals surface area contributed by atoms with E-state index in [1.54, 1.807) is 10.9 Å². The van der Waals surface area contributed by atoms with Crippen molar-refractivity contribution in [2.24, 2.45) is 7.05 Å². The first-order valence-electron chi connectivity index (χ1n) is 6.75. The summed E-state index contributed by atoms with van der Waals surface area (Å²) in [6, 6.07) is 9.49. The third kappa shape index (κ3) is 2.85. The molecule has 0 radical (unpaired) electrons. The molecule has 3 rings (SSSR count). The molecule has 0 aliphatic heterocycles. The van der Waals surface area contributed by atoms with Crippen molar-refractivity contribution in [1.29, 1.82) is 0 Å². The van der Waals surface area contributed by atoms with E-state index in [0.717, 1.165) is 11.3 Å². The van der Waals surface area contributed by atoms with Crippen molar-refractivity contribution in [2.45, 2.75) is 13.5 Å². The molecule has 0 saturated heterocycles. The molecule has 0 fully saturated rings. The number of nitrogens with one attached hydrogen (secondary N) is 1. The second kappa shape index (κ2) is 5.76. The van der Waals surface area contributed by atoms with Gasteiger partial charge < -0.3 is 5.32 Å². The first-order valence-corrected chi connectivity index (χ1v) is 6.75. The van der Waals surface area contributed by atoms with E-state index in [1.165, 1.54) is 4.80 Å². The van der Waals surface area contributed by atoms with Crippen molar-refractivity contribution >= 4 is 11.6 Å². The molecule has 0 saturated carbocycles. The van der Waals surface area contributed by atoms with Crippen LogP contribution in [0.4, 0.5) is 5.69 Å². The Morgan fingerprint density at radius 3 is 2.73 bits per heavy atom. The fraction of sp³-hybridized carbons (Fsp3) is 0.214. The molecule has 0 unspecified atom stereocenters. The van der Waals surface area contributed by atoms with Gasteiger partial charge in [0.25, 0.3) is 0 Å². The minimum atomic E-state index is -0.229. The van der Waals surface area contributed by atoms with Crippen molar-refractivity contribution in [3.8, 4) is 11.4 Å². The maximum atomic E-state index is 12.0. The van der Waals surface area contributed by atoms with Crippen LogP contribution in [0.5, 0.6) is 0 Å². The van der Waals surface area contributed by atoms with Crippen molar-refractivity contribution in [3.05, 3.63) is 42.2 Å². The Bertz CT molecular complexity index is 791. The van der Waals surface area contributed by atoms with Gasteiger partial charge >= 0.3 is 0 Å². The Kier molecular flexibility index (Phi) is 3.65. The SMILES string of the molecule is Cc1c(NC(=O)Cn2nnc(-c3ccccc3)n2)cnn1C. The number of amides is 1. The first kappa shape index (κ1) is 13.9. The third-order valence-corrected chi connectivity index (χ3v) is 3.28. The molecular weight excluding hydrogens is 282 g/mol. The summed E-state index contributed by atoms with van der Waals surface area (Å²) in [6.45, 7) is 1.87. The van der Waals surface area contributed by atoms with Gasteiger partial charge in [-0.15, -0.1) is 10.2 Å². The number of hydrogen-bond donors (Lipinski definition) is 1. The lowest BCUT2D eigenvalue weighted by Crippen LogP contribution is -2.20. The standard InChI is InChI=1S/C14H15N7O/c1-10-12(8-15-20(10)2)16-13(22)9-21-18-14(17-19-21)11-6-4-3-5-7-11/h3-8H,9H2,1-2H3,(H,16,22). The third-order valence-electron chi connectivity index (χ3n) is 3.28. The highest BCUT2D eigenvalue weighted by Gasteiger charge is 2.11. The van der Waals surface area contributed by atoms with Crippen LogP contribution in [0.1, 0.15) is 5.69 Å². The van der Waals surface area contributed by atoms with Crippen LogP contribution >= 0.6 is 0 Å². The molecule has 22 heavy (non-hydrogen) atoms. The van der Waals surface area contributed by atoms with Crippen LogP contribution in [0.25, 0.3) is 11.4 Å². The molecule has 2 aromatic heterocycles. The van der Waals surface area contributed by atoms with Gasteiger partial charge in [0.05, 0.1) is 17.6 Å². The van der Waals surface area contributed by atoms with Gasteiger partial charge in [0.2, 0.25) is 11.7 Å². The Hall–Kier alpha value is -3.03. The zero-order chi connectivity index (χ0) is 15.5. The van der Waals surface area contributed by atoms with Gasteiger partial charge in [-0.25, -0.2) is 0 Å². The van der Waals surface area contributed by atoms with E-state index >= 15 is 0 Å². The number of aryl methyl sites for hydroxylation is 1. The van der Waals surface area contributed by atoms with Crippen LogP contribution < -0.4 is 5.32 Å². The quantitative estimate of drug-likeness (QED) is 0.776. The molecule has 0 aliphatic carbocycles. The molecule has 3 aromatic rings. The molecular formula is C14H15N7O. The second-order valence-electron chi connectivity index (χ2n) is 4.82. The molecule has 0 atom stereocenters. The van der Waals surface area contributed by atoms with Crippen LogP contribution in [-0.4, -0.2) is 35.9 Å². The fourth-order valence-corrected chi connectivity index (χ4v) is 1.95. The monoisotopic (exact) mass is 297 g/mol. The zero-order valence-corrected chi connectivity index (χ0v) is 12.3. The number of tetrazole rings is 1. The average Bonchev–Trinajstić information content (AvgIpc) is 3.10. The van der Waals surface area contributed by atoms with Crippen LogP contribution in [0.2, 0.25) is 0 Å². The van der Waals surface area contributed by atoms with Gasteiger partial charge in [0, 0.05) is 12.6 Å². The smallest absolute Gasteiger partial charge is 0.248 e. The summed E-state index contributed by atoms with van der Waals surface area (Å²) in [7, 11) is 1.82. The predicted molar refractivity (Wildman–Crippen MR) is 79.8 cm³/mol. The molecule has 0 bridgehead atoms. The second-order valence-corrected chi connectivity index (χ2v) is 4.82. The van der Waals surface area contributed by atoms with Gasteiger partial charge in [-0.1, -0.05) is 30.3 Å². The largest absolute Gasteiger partial charge is 0.322 e. The maximum Gasteiger partial charge on any atom is 0.248 e. The molecule has 1 aromatic carbocycles. The molecule has 0 aliphatic rings. The van der Waals surface area contributed by atoms with Crippen molar-refractivity contribution in [3.63, 3.8) is 0 Å². The lowest BCUT2D eigenvalue weighted by Gasteiger charge is -2.03. The van der Waals surface area contributed by atoms with Crippen molar-refractivity contribution in [1.82, 2.24) is 30.0 Å². The van der Waals surface area contributed by atoms with Gasteiger partial charge in [0.15, 0.2) is 0 Å². The first-order chi connectivity index (χ1) is 10.6. The van der Waals surface area contributed by atoms with Crippen LogP contribution in [0.3, 0.4) is 0 Å². The Morgan fingerprint density at radius 1 is 1.27 bits per heavy atom. The number of carbonyl (C=O) groups excluding carboxylic acids is 1. The van der Waals surface area contributed by atoms with Gasteiger partial charge in [-0.2, -0.15) is 9.90 Å². The fourth-order valence-electron chi connectivity index (χ4n) is 1.95. The maximum absolute atomic E-state index is 12.0. The van der Waals surface area contributed by atoms with E-state index in [0.29, 0.717) is 11.5 Å². The van der Waals surface area contributed by atoms with E-state index in [2.05, 4.69) is 25.8 Å². The summed E-state index contributed by atoms with van der Waals surface area (Å²) in [4.78, 5) is 13.3. The summed E-state index contributed by atoms with van der Waals surface area (Å²) >= 11 is 0. The van der Waals surface area contributed by atoms with E-state index in [1.807, 2.05) is 44.3 Å². The van der Waals surface area contributed by atoms with Gasteiger partial charge in [0.1, 0.15) is 6.54 Å². The molecule has 2 heterocycles. The Morgan fingerprint density at radius 2 is 2.05 bits per heavy atom. The number of carbonyl (C=O) groups is 1. The number of hydrogen-bond acceptors (Lipinski definition) is 5. The lowest BCUT2D eigenvalue weighted by molar-refractivity contribution is -0.117. The topological polar surface area (TPSA) is 90.5 Å². The van der Waals surface area contributed by atoms with Gasteiger partial charge in [-0.3, -0.25) is 9.48 Å². The number of anilines is 1. The number of rotatable bonds is 4. The summed E-state index contributed by atoms with van der Waals surface area (Å²) in [5.41, 5.74) is 2.41. The Balaban J connectivity index is 1.67. The van der Waals surface area contributed by atoms with Crippen molar-refractivity contribution < 1.29 is 4.79 Å². The summed E-state index contributed by atoms with van der Waals surface area (Å²) in [5.74, 6) is 0.263. The Labute approximate surface area is 126 Å². The van der Waals surface area contributed by atoms with Crippen molar-refractivity contribution in [2.75, 3.05) is 5.32 Å². The number of aromatic nitrogens is 6. The number of benzene rings is 1. The molecule has 1 amide bonds. The summed E-state index contributed by atoms with van der Waals surface area (Å²) in [6.07, 6.45) is 1.61. The molecule has 1 N–H and O–H groups in total. The van der Waals surface area contributed by atoms with Crippen LogP contribution in [0, 0.1) is 6.92 Å². The van der Waals surface area contributed by atoms with E-state index in [-0.39, 0.29) is 12.5 Å². The number of nitrogens with zero attached hydrogens (tertiary/aromatic N) is 6. The summed E-state index contributed by atoms with van der Waals surface area (Å²) < 4.78 is 1.69. The molecule has 8 nitrogen and oxygen atoms in total. The summed E-state index contributed by atoms with van der Waals surface area (Å²) in [5, 5.41) is 18.9. The normalized spacial score (nSPS) is 10.6. The highest BCUT2D eigenvalue weighted by atomic mass is 16.2. The zero-order valence-electron chi connectivity index (χ0n) is 12.3. The van der Waals surface area contributed by atoms with E-state index in [4.69, 9.17) is 0 Å². The lowest BCUT2D eigenvalue weighted by atomic mass is 10.2. The average molecular weight is 297 g/mol. The predicted octanol–water partition coefficient (Wildman–Crippen LogP) is 1.02.